The molecule has 180 valence electrons. The van der Waals surface area contributed by atoms with Crippen LogP contribution < -0.4 is 9.47 Å². The number of carbonyl (C=O) groups excluding carboxylic acids is 2. The van der Waals surface area contributed by atoms with E-state index in [1.165, 1.54) is 0 Å². The van der Waals surface area contributed by atoms with Crippen LogP contribution in [0.1, 0.15) is 43.0 Å². The molecule has 2 heterocycles. The summed E-state index contributed by atoms with van der Waals surface area (Å²) < 4.78 is 11.6. The molecule has 0 saturated carbocycles. The van der Waals surface area contributed by atoms with Crippen LogP contribution in [0.25, 0.3) is 5.76 Å². The van der Waals surface area contributed by atoms with Crippen LogP contribution >= 0.6 is 0 Å². The second-order valence-corrected chi connectivity index (χ2v) is 9.17. The highest BCUT2D eigenvalue weighted by Gasteiger charge is 2.46. The number of hydrogen-bond donors (Lipinski definition) is 1. The molecule has 2 aromatic carbocycles. The Morgan fingerprint density at radius 3 is 2.74 bits per heavy atom. The van der Waals surface area contributed by atoms with E-state index in [0.717, 1.165) is 29.7 Å². The normalized spacial score (nSPS) is 21.1. The van der Waals surface area contributed by atoms with Crippen LogP contribution in [0.15, 0.2) is 48.0 Å². The van der Waals surface area contributed by atoms with E-state index < -0.39 is 17.7 Å². The highest BCUT2D eigenvalue weighted by Crippen LogP contribution is 2.41. The molecule has 0 aromatic heterocycles. The highest BCUT2D eigenvalue weighted by atomic mass is 16.5. The summed E-state index contributed by atoms with van der Waals surface area (Å²) in [6.45, 7) is 5.53. The third-order valence-corrected chi connectivity index (χ3v) is 6.14. The molecule has 1 fully saturated rings. The van der Waals surface area contributed by atoms with Gasteiger partial charge in [0, 0.05) is 25.1 Å². The van der Waals surface area contributed by atoms with Crippen molar-refractivity contribution < 1.29 is 24.2 Å². The summed E-state index contributed by atoms with van der Waals surface area (Å²) in [5.74, 6) is 0.00426. The standard InChI is InChI=1S/C27H32N2O5/c1-5-13-33-21-8-6-7-18(16-21)24-23(26(31)27(32)29(24)12-11-28(3)4)25(30)19-9-10-22-20(15-19)14-17(2)34-22/h6-10,15-17,24,30H,5,11-14H2,1-4H3/t17-,24+/m1/s1. The lowest BCUT2D eigenvalue weighted by atomic mass is 9.94. The first-order chi connectivity index (χ1) is 16.3. The van der Waals surface area contributed by atoms with Gasteiger partial charge >= 0.3 is 0 Å². The van der Waals surface area contributed by atoms with Crippen molar-refractivity contribution in [3.63, 3.8) is 0 Å². The quantitative estimate of drug-likeness (QED) is 0.364. The van der Waals surface area contributed by atoms with Gasteiger partial charge in [0.25, 0.3) is 11.7 Å². The van der Waals surface area contributed by atoms with E-state index in [9.17, 15) is 14.7 Å². The number of nitrogens with zero attached hydrogens (tertiary/aromatic N) is 2. The summed E-state index contributed by atoms with van der Waals surface area (Å²) >= 11 is 0. The molecule has 1 amide bonds. The van der Waals surface area contributed by atoms with Gasteiger partial charge in [-0.1, -0.05) is 19.1 Å². The Morgan fingerprint density at radius 1 is 1.21 bits per heavy atom. The molecular formula is C27H32N2O5. The summed E-state index contributed by atoms with van der Waals surface area (Å²) in [6.07, 6.45) is 1.66. The summed E-state index contributed by atoms with van der Waals surface area (Å²) in [5.41, 5.74) is 2.31. The molecule has 7 nitrogen and oxygen atoms in total. The number of ether oxygens (including phenoxy) is 2. The predicted molar refractivity (Wildman–Crippen MR) is 130 cm³/mol. The monoisotopic (exact) mass is 464 g/mol. The van der Waals surface area contributed by atoms with Crippen molar-refractivity contribution in [1.82, 2.24) is 9.80 Å². The number of ketones is 1. The van der Waals surface area contributed by atoms with Crippen LogP contribution in [0.3, 0.4) is 0 Å². The van der Waals surface area contributed by atoms with Crippen molar-refractivity contribution in [3.8, 4) is 11.5 Å². The third kappa shape index (κ3) is 4.66. The first-order valence-electron chi connectivity index (χ1n) is 11.8. The van der Waals surface area contributed by atoms with Crippen LogP contribution in [0, 0.1) is 0 Å². The minimum absolute atomic E-state index is 0.0647. The first-order valence-corrected chi connectivity index (χ1v) is 11.8. The van der Waals surface area contributed by atoms with Gasteiger partial charge < -0.3 is 24.4 Å². The van der Waals surface area contributed by atoms with Crippen molar-refractivity contribution in [3.05, 3.63) is 64.7 Å². The average molecular weight is 465 g/mol. The maximum absolute atomic E-state index is 13.2. The molecule has 0 bridgehead atoms. The van der Waals surface area contributed by atoms with Crippen molar-refractivity contribution in [2.24, 2.45) is 0 Å². The fraction of sp³-hybridized carbons (Fsp3) is 0.407. The number of rotatable bonds is 8. The van der Waals surface area contributed by atoms with E-state index >= 15 is 0 Å². The second-order valence-electron chi connectivity index (χ2n) is 9.17. The second kappa shape index (κ2) is 9.89. The van der Waals surface area contributed by atoms with Gasteiger partial charge in [-0.25, -0.2) is 0 Å². The fourth-order valence-corrected chi connectivity index (χ4v) is 4.48. The molecule has 34 heavy (non-hydrogen) atoms. The zero-order chi connectivity index (χ0) is 24.4. The van der Waals surface area contributed by atoms with Crippen LogP contribution in [-0.2, 0) is 16.0 Å². The topological polar surface area (TPSA) is 79.3 Å². The summed E-state index contributed by atoms with van der Waals surface area (Å²) in [7, 11) is 3.83. The number of aliphatic hydroxyl groups excluding tert-OH is 1. The van der Waals surface area contributed by atoms with E-state index in [1.54, 1.807) is 11.0 Å². The maximum Gasteiger partial charge on any atom is 0.295 e. The number of carbonyl (C=O) groups is 2. The van der Waals surface area contributed by atoms with E-state index in [2.05, 4.69) is 0 Å². The summed E-state index contributed by atoms with van der Waals surface area (Å²) in [6, 6.07) is 12.1. The smallest absolute Gasteiger partial charge is 0.295 e. The van der Waals surface area contributed by atoms with Crippen LogP contribution in [0.2, 0.25) is 0 Å². The van der Waals surface area contributed by atoms with E-state index in [-0.39, 0.29) is 17.4 Å². The number of likely N-dealkylation sites (tertiary alicyclic amines) is 1. The number of aliphatic hydroxyl groups is 1. The van der Waals surface area contributed by atoms with Crippen LogP contribution in [0.5, 0.6) is 11.5 Å². The molecule has 7 heteroatoms. The van der Waals surface area contributed by atoms with E-state index in [4.69, 9.17) is 9.47 Å². The summed E-state index contributed by atoms with van der Waals surface area (Å²) in [4.78, 5) is 29.8. The Morgan fingerprint density at radius 2 is 2.00 bits per heavy atom. The molecule has 2 aromatic rings. The van der Waals surface area contributed by atoms with Crippen molar-refractivity contribution in [2.45, 2.75) is 38.8 Å². The van der Waals surface area contributed by atoms with Gasteiger partial charge in [0.15, 0.2) is 0 Å². The Kier molecular flexibility index (Phi) is 6.93. The lowest BCUT2D eigenvalue weighted by Gasteiger charge is -2.27. The van der Waals surface area contributed by atoms with Gasteiger partial charge in [0.1, 0.15) is 23.4 Å². The molecule has 1 N–H and O–H groups in total. The molecule has 0 spiro atoms. The van der Waals surface area contributed by atoms with E-state index in [0.29, 0.717) is 31.0 Å². The molecule has 4 rings (SSSR count). The molecular weight excluding hydrogens is 432 g/mol. The Bertz CT molecular complexity index is 1120. The number of benzene rings is 2. The zero-order valence-electron chi connectivity index (χ0n) is 20.2. The van der Waals surface area contributed by atoms with E-state index in [1.807, 2.05) is 69.2 Å². The van der Waals surface area contributed by atoms with Gasteiger partial charge in [0.2, 0.25) is 0 Å². The molecule has 2 atom stereocenters. The molecule has 2 aliphatic rings. The largest absolute Gasteiger partial charge is 0.507 e. The van der Waals surface area contributed by atoms with Gasteiger partial charge in [0.05, 0.1) is 18.2 Å². The third-order valence-electron chi connectivity index (χ3n) is 6.14. The van der Waals surface area contributed by atoms with Gasteiger partial charge in [-0.3, -0.25) is 9.59 Å². The Balaban J connectivity index is 1.80. The molecule has 2 aliphatic heterocycles. The highest BCUT2D eigenvalue weighted by molar-refractivity contribution is 6.46. The minimum Gasteiger partial charge on any atom is -0.507 e. The van der Waals surface area contributed by atoms with Gasteiger partial charge in [-0.05, 0) is 68.9 Å². The molecule has 0 radical (unpaired) electrons. The number of likely N-dealkylation sites (N-methyl/N-ethyl adjacent to an activating group) is 1. The van der Waals surface area contributed by atoms with Crippen LogP contribution in [0.4, 0.5) is 0 Å². The predicted octanol–water partition coefficient (Wildman–Crippen LogP) is 3.78. The lowest BCUT2D eigenvalue weighted by Crippen LogP contribution is -2.35. The molecule has 0 aliphatic carbocycles. The lowest BCUT2D eigenvalue weighted by molar-refractivity contribution is -0.140. The Hall–Kier alpha value is -3.32. The maximum atomic E-state index is 13.2. The number of amides is 1. The zero-order valence-corrected chi connectivity index (χ0v) is 20.2. The number of Topliss-reactive ketones (excluding diaryl/α,β-unsaturated/α-hetero) is 1. The van der Waals surface area contributed by atoms with Gasteiger partial charge in [-0.2, -0.15) is 0 Å². The number of fused-ring (bicyclic) bond motifs is 1. The molecule has 1 saturated heterocycles. The van der Waals surface area contributed by atoms with Crippen LogP contribution in [-0.4, -0.2) is 66.5 Å². The Labute approximate surface area is 200 Å². The van der Waals surface area contributed by atoms with Gasteiger partial charge in [-0.15, -0.1) is 0 Å². The average Bonchev–Trinajstić information content (AvgIpc) is 3.31. The van der Waals surface area contributed by atoms with Crippen molar-refractivity contribution >= 4 is 17.4 Å². The number of hydrogen-bond acceptors (Lipinski definition) is 6. The minimum atomic E-state index is -0.700. The van der Waals surface area contributed by atoms with Crippen molar-refractivity contribution in [1.29, 1.82) is 0 Å². The fourth-order valence-electron chi connectivity index (χ4n) is 4.48. The first kappa shape index (κ1) is 23.8. The molecule has 0 unspecified atom stereocenters. The SMILES string of the molecule is CCCOc1cccc([C@H]2C(=C(O)c3ccc4c(c3)C[C@@H](C)O4)C(=O)C(=O)N2CCN(C)C)c1. The summed E-state index contributed by atoms with van der Waals surface area (Å²) in [5, 5.41) is 11.3. The van der Waals surface area contributed by atoms with Crippen molar-refractivity contribution in [2.75, 3.05) is 33.8 Å².